The first-order valence-corrected chi connectivity index (χ1v) is 5.75. The van der Waals surface area contributed by atoms with Crippen LogP contribution in [0.3, 0.4) is 0 Å². The lowest BCUT2D eigenvalue weighted by Gasteiger charge is -2.15. The molecule has 0 amide bonds. The molecule has 1 rings (SSSR count). The molecule has 0 saturated heterocycles. The van der Waals surface area contributed by atoms with Crippen LogP contribution in [0.1, 0.15) is 31.4 Å². The second-order valence-electron chi connectivity index (χ2n) is 3.75. The Labute approximate surface area is 97.6 Å². The van der Waals surface area contributed by atoms with Gasteiger partial charge in [0.25, 0.3) is 0 Å². The van der Waals surface area contributed by atoms with Crippen molar-refractivity contribution in [1.82, 2.24) is 0 Å². The quantitative estimate of drug-likeness (QED) is 0.722. The average molecular weight is 223 g/mol. The van der Waals surface area contributed by atoms with Crippen molar-refractivity contribution in [3.8, 4) is 5.75 Å². The monoisotopic (exact) mass is 223 g/mol. The van der Waals surface area contributed by atoms with Crippen LogP contribution in [0.15, 0.2) is 24.3 Å². The molecule has 3 nitrogen and oxygen atoms in total. The molecule has 0 heterocycles. The van der Waals surface area contributed by atoms with E-state index in [9.17, 15) is 0 Å². The summed E-state index contributed by atoms with van der Waals surface area (Å²) in [5.74, 6) is 0.896. The van der Waals surface area contributed by atoms with Crippen molar-refractivity contribution in [2.24, 2.45) is 5.73 Å². The molecule has 0 radical (unpaired) electrons. The number of nitrogens with two attached hydrogens (primary N) is 1. The largest absolute Gasteiger partial charge is 0.493 e. The van der Waals surface area contributed by atoms with Gasteiger partial charge in [0.05, 0.1) is 6.61 Å². The molecule has 3 heteroatoms. The van der Waals surface area contributed by atoms with E-state index in [1.54, 1.807) is 7.11 Å². The molecule has 2 N–H and O–H groups in total. The molecule has 1 aromatic carbocycles. The normalized spacial score (nSPS) is 12.4. The highest BCUT2D eigenvalue weighted by molar-refractivity contribution is 5.35. The second-order valence-corrected chi connectivity index (χ2v) is 3.75. The highest BCUT2D eigenvalue weighted by Gasteiger charge is 2.09. The van der Waals surface area contributed by atoms with E-state index in [4.69, 9.17) is 15.2 Å². The van der Waals surface area contributed by atoms with Crippen LogP contribution in [0.4, 0.5) is 0 Å². The van der Waals surface area contributed by atoms with E-state index in [1.807, 2.05) is 24.3 Å². The van der Waals surface area contributed by atoms with Gasteiger partial charge in [0.1, 0.15) is 5.75 Å². The van der Waals surface area contributed by atoms with Crippen LogP contribution in [-0.4, -0.2) is 20.3 Å². The average Bonchev–Trinajstić information content (AvgIpc) is 2.34. The number of para-hydroxylation sites is 1. The molecular weight excluding hydrogens is 202 g/mol. The lowest BCUT2D eigenvalue weighted by molar-refractivity contribution is 0.171. The molecule has 90 valence electrons. The first kappa shape index (κ1) is 13.0. The topological polar surface area (TPSA) is 44.5 Å². The second kappa shape index (κ2) is 7.25. The van der Waals surface area contributed by atoms with Gasteiger partial charge in [0.15, 0.2) is 0 Å². The van der Waals surface area contributed by atoms with Crippen molar-refractivity contribution in [3.05, 3.63) is 29.8 Å². The molecule has 0 aromatic heterocycles. The summed E-state index contributed by atoms with van der Waals surface area (Å²) >= 11 is 0. The standard InChI is InChI=1S/C13H21NO2/c1-3-12(14)11-7-4-5-8-13(11)16-10-6-9-15-2/h4-5,7-8,12H,3,6,9-10,14H2,1-2H3. The molecule has 16 heavy (non-hydrogen) atoms. The van der Waals surface area contributed by atoms with Crippen LogP contribution in [-0.2, 0) is 4.74 Å². The SMILES string of the molecule is CCC(N)c1ccccc1OCCCOC. The van der Waals surface area contributed by atoms with Gasteiger partial charge in [-0.1, -0.05) is 25.1 Å². The van der Waals surface area contributed by atoms with Gasteiger partial charge in [0.2, 0.25) is 0 Å². The number of hydrogen-bond acceptors (Lipinski definition) is 3. The Bertz CT molecular complexity index is 302. The Morgan fingerprint density at radius 2 is 2.00 bits per heavy atom. The van der Waals surface area contributed by atoms with Gasteiger partial charge in [-0.25, -0.2) is 0 Å². The molecule has 1 aromatic rings. The van der Waals surface area contributed by atoms with Gasteiger partial charge in [-0.05, 0) is 12.5 Å². The summed E-state index contributed by atoms with van der Waals surface area (Å²) in [6.45, 7) is 3.47. The molecule has 0 aliphatic heterocycles. The van der Waals surface area contributed by atoms with Crippen LogP contribution in [0, 0.1) is 0 Å². The van der Waals surface area contributed by atoms with E-state index in [0.29, 0.717) is 6.61 Å². The van der Waals surface area contributed by atoms with Crippen molar-refractivity contribution in [2.45, 2.75) is 25.8 Å². The molecule has 1 unspecified atom stereocenters. The van der Waals surface area contributed by atoms with E-state index in [2.05, 4.69) is 6.92 Å². The number of hydrogen-bond donors (Lipinski definition) is 1. The highest BCUT2D eigenvalue weighted by Crippen LogP contribution is 2.25. The van der Waals surface area contributed by atoms with Crippen LogP contribution >= 0.6 is 0 Å². The van der Waals surface area contributed by atoms with Crippen molar-refractivity contribution in [1.29, 1.82) is 0 Å². The zero-order valence-electron chi connectivity index (χ0n) is 10.1. The number of rotatable bonds is 7. The van der Waals surface area contributed by atoms with Crippen molar-refractivity contribution >= 4 is 0 Å². The number of benzene rings is 1. The molecule has 0 spiro atoms. The maximum atomic E-state index is 6.02. The summed E-state index contributed by atoms with van der Waals surface area (Å²) in [5.41, 5.74) is 7.11. The molecular formula is C13H21NO2. The first-order chi connectivity index (χ1) is 7.79. The third-order valence-corrected chi connectivity index (χ3v) is 2.51. The lowest BCUT2D eigenvalue weighted by atomic mass is 10.0. The number of ether oxygens (including phenoxy) is 2. The van der Waals surface area contributed by atoms with Gasteiger partial charge in [0, 0.05) is 31.7 Å². The summed E-state index contributed by atoms with van der Waals surface area (Å²) in [6.07, 6.45) is 1.81. The zero-order chi connectivity index (χ0) is 11.8. The van der Waals surface area contributed by atoms with E-state index >= 15 is 0 Å². The van der Waals surface area contributed by atoms with Gasteiger partial charge in [-0.2, -0.15) is 0 Å². The lowest BCUT2D eigenvalue weighted by Crippen LogP contribution is -2.11. The molecule has 1 atom stereocenters. The smallest absolute Gasteiger partial charge is 0.124 e. The van der Waals surface area contributed by atoms with E-state index in [1.165, 1.54) is 0 Å². The van der Waals surface area contributed by atoms with Crippen LogP contribution in [0.5, 0.6) is 5.75 Å². The Hall–Kier alpha value is -1.06. The predicted octanol–water partition coefficient (Wildman–Crippen LogP) is 2.51. The first-order valence-electron chi connectivity index (χ1n) is 5.75. The Morgan fingerprint density at radius 1 is 1.25 bits per heavy atom. The van der Waals surface area contributed by atoms with E-state index in [0.717, 1.165) is 30.8 Å². The van der Waals surface area contributed by atoms with E-state index < -0.39 is 0 Å². The summed E-state index contributed by atoms with van der Waals surface area (Å²) < 4.78 is 10.7. The van der Waals surface area contributed by atoms with Gasteiger partial charge in [-0.15, -0.1) is 0 Å². The fourth-order valence-corrected chi connectivity index (χ4v) is 1.52. The maximum absolute atomic E-state index is 6.02. The summed E-state index contributed by atoms with van der Waals surface area (Å²) in [6, 6.07) is 8.01. The Morgan fingerprint density at radius 3 is 2.69 bits per heavy atom. The summed E-state index contributed by atoms with van der Waals surface area (Å²) in [7, 11) is 1.70. The van der Waals surface area contributed by atoms with Gasteiger partial charge >= 0.3 is 0 Å². The Balaban J connectivity index is 2.57. The van der Waals surface area contributed by atoms with Crippen LogP contribution in [0.2, 0.25) is 0 Å². The number of methoxy groups -OCH3 is 1. The van der Waals surface area contributed by atoms with Crippen LogP contribution < -0.4 is 10.5 Å². The van der Waals surface area contributed by atoms with Crippen LogP contribution in [0.25, 0.3) is 0 Å². The fraction of sp³-hybridized carbons (Fsp3) is 0.538. The summed E-state index contributed by atoms with van der Waals surface area (Å²) in [4.78, 5) is 0. The molecule has 0 bridgehead atoms. The van der Waals surface area contributed by atoms with E-state index in [-0.39, 0.29) is 6.04 Å². The minimum Gasteiger partial charge on any atom is -0.493 e. The minimum atomic E-state index is 0.0543. The van der Waals surface area contributed by atoms with Crippen molar-refractivity contribution < 1.29 is 9.47 Å². The van der Waals surface area contributed by atoms with Crippen molar-refractivity contribution in [3.63, 3.8) is 0 Å². The van der Waals surface area contributed by atoms with Gasteiger partial charge in [-0.3, -0.25) is 0 Å². The third-order valence-electron chi connectivity index (χ3n) is 2.51. The highest BCUT2D eigenvalue weighted by atomic mass is 16.5. The predicted molar refractivity (Wildman–Crippen MR) is 65.6 cm³/mol. The zero-order valence-corrected chi connectivity index (χ0v) is 10.1. The molecule has 0 saturated carbocycles. The maximum Gasteiger partial charge on any atom is 0.124 e. The third kappa shape index (κ3) is 3.83. The molecule has 0 aliphatic carbocycles. The molecule has 0 fully saturated rings. The Kier molecular flexibility index (Phi) is 5.90. The summed E-state index contributed by atoms with van der Waals surface area (Å²) in [5, 5.41) is 0. The molecule has 0 aliphatic rings. The van der Waals surface area contributed by atoms with Gasteiger partial charge < -0.3 is 15.2 Å². The fourth-order valence-electron chi connectivity index (χ4n) is 1.52. The minimum absolute atomic E-state index is 0.0543. The van der Waals surface area contributed by atoms with Crippen molar-refractivity contribution in [2.75, 3.05) is 20.3 Å².